The van der Waals surface area contributed by atoms with Gasteiger partial charge in [-0.25, -0.2) is 4.99 Å². The van der Waals surface area contributed by atoms with Gasteiger partial charge in [-0.2, -0.15) is 0 Å². The molecule has 6 heteroatoms. The molecule has 1 aliphatic heterocycles. The van der Waals surface area contributed by atoms with E-state index in [2.05, 4.69) is 84.9 Å². The van der Waals surface area contributed by atoms with E-state index in [0.29, 0.717) is 23.7 Å². The third kappa shape index (κ3) is 4.79. The summed E-state index contributed by atoms with van der Waals surface area (Å²) in [7, 11) is -2.03. The summed E-state index contributed by atoms with van der Waals surface area (Å²) in [5.74, 6) is 0.588. The minimum absolute atomic E-state index is 0.319. The Kier molecular flexibility index (Phi) is 7.08. The molecule has 2 heterocycles. The molecule has 0 spiro atoms. The molecule has 0 unspecified atom stereocenters. The van der Waals surface area contributed by atoms with Crippen molar-refractivity contribution in [3.63, 3.8) is 0 Å². The SMILES string of the molecule is c1ccc(C2=N[C@@H](C(Op3oc4ccc5ccccc5c4c4c(ccc5ccccc54)o3)(c3ccccc3)c3ccccc3)CO2)cc1. The topological polar surface area (TPSA) is 57.1 Å². The summed E-state index contributed by atoms with van der Waals surface area (Å²) in [4.78, 5) is 5.21. The van der Waals surface area contributed by atoms with Crippen molar-refractivity contribution in [1.82, 2.24) is 0 Å². The van der Waals surface area contributed by atoms with Crippen LogP contribution in [0.25, 0.3) is 43.5 Å². The number of hydrogen-bond donors (Lipinski definition) is 0. The predicted octanol–water partition coefficient (Wildman–Crippen LogP) is 10.8. The van der Waals surface area contributed by atoms with Crippen molar-refractivity contribution in [3.05, 3.63) is 180 Å². The summed E-state index contributed by atoms with van der Waals surface area (Å²) >= 11 is 0. The molecule has 9 rings (SSSR count). The molecule has 0 amide bonds. The van der Waals surface area contributed by atoms with Crippen molar-refractivity contribution in [2.75, 3.05) is 6.61 Å². The van der Waals surface area contributed by atoms with Gasteiger partial charge in [-0.15, -0.1) is 0 Å². The van der Waals surface area contributed by atoms with E-state index in [9.17, 15) is 0 Å². The lowest BCUT2D eigenvalue weighted by Gasteiger charge is -2.35. The second-order valence-corrected chi connectivity index (χ2v) is 12.9. The van der Waals surface area contributed by atoms with Crippen LogP contribution in [-0.2, 0) is 10.3 Å². The average molecular weight is 644 g/mol. The smallest absolute Gasteiger partial charge is 0.388 e. The van der Waals surface area contributed by atoms with E-state index in [1.54, 1.807) is 0 Å². The largest absolute Gasteiger partial charge is 0.475 e. The molecule has 8 aromatic rings. The Hall–Kier alpha value is -5.61. The predicted molar refractivity (Wildman–Crippen MR) is 194 cm³/mol. The maximum Gasteiger partial charge on any atom is 0.388 e. The molecule has 0 bridgehead atoms. The van der Waals surface area contributed by atoms with Gasteiger partial charge in [0.2, 0.25) is 5.90 Å². The zero-order valence-electron chi connectivity index (χ0n) is 25.9. The highest BCUT2D eigenvalue weighted by molar-refractivity contribution is 7.31. The minimum Gasteiger partial charge on any atom is -0.475 e. The van der Waals surface area contributed by atoms with Crippen molar-refractivity contribution in [2.45, 2.75) is 11.6 Å². The fourth-order valence-corrected chi connectivity index (χ4v) is 8.22. The molecule has 232 valence electrons. The second-order valence-electron chi connectivity index (χ2n) is 11.9. The van der Waals surface area contributed by atoms with E-state index in [0.717, 1.165) is 49.0 Å². The molecule has 1 aliphatic rings. The Balaban J connectivity index is 1.35. The molecule has 5 nitrogen and oxygen atoms in total. The molecule has 1 aromatic heterocycles. The number of hydrogen-bond acceptors (Lipinski definition) is 5. The monoisotopic (exact) mass is 643 g/mol. The van der Waals surface area contributed by atoms with Gasteiger partial charge in [0.15, 0.2) is 5.60 Å². The van der Waals surface area contributed by atoms with Crippen molar-refractivity contribution >= 4 is 57.6 Å². The van der Waals surface area contributed by atoms with Gasteiger partial charge in [-0.05, 0) is 56.9 Å². The molecular formula is C42H30NO4P. The summed E-state index contributed by atoms with van der Waals surface area (Å²) in [5.41, 5.74) is 3.09. The van der Waals surface area contributed by atoms with Gasteiger partial charge < -0.3 is 13.1 Å². The molecule has 48 heavy (non-hydrogen) atoms. The third-order valence-electron chi connectivity index (χ3n) is 9.14. The van der Waals surface area contributed by atoms with Crippen LogP contribution in [0.1, 0.15) is 16.7 Å². The van der Waals surface area contributed by atoms with Gasteiger partial charge in [-0.3, -0.25) is 4.52 Å². The Morgan fingerprint density at radius 3 is 1.56 bits per heavy atom. The van der Waals surface area contributed by atoms with Gasteiger partial charge in [0.1, 0.15) is 23.8 Å². The third-order valence-corrected chi connectivity index (χ3v) is 10.3. The number of rotatable bonds is 6. The lowest BCUT2D eigenvalue weighted by atomic mass is 9.80. The Morgan fingerprint density at radius 2 is 1.02 bits per heavy atom. The molecule has 0 saturated heterocycles. The van der Waals surface area contributed by atoms with E-state index in [1.165, 1.54) is 0 Å². The number of ether oxygens (including phenoxy) is 1. The van der Waals surface area contributed by atoms with Gasteiger partial charge in [-0.1, -0.05) is 140 Å². The highest BCUT2D eigenvalue weighted by atomic mass is 31.1. The average Bonchev–Trinajstić information content (AvgIpc) is 3.59. The Morgan fingerprint density at radius 1 is 0.542 bits per heavy atom. The number of aliphatic imine (C=N–C) groups is 1. The number of benzene rings is 7. The van der Waals surface area contributed by atoms with Crippen LogP contribution in [-0.4, -0.2) is 18.5 Å². The molecule has 0 saturated carbocycles. The first-order valence-electron chi connectivity index (χ1n) is 16.0. The van der Waals surface area contributed by atoms with Crippen LogP contribution >= 0.6 is 8.24 Å². The summed E-state index contributed by atoms with van der Waals surface area (Å²) in [6.07, 6.45) is 0. The Bertz CT molecular complexity index is 2360. The maximum absolute atomic E-state index is 7.37. The molecule has 0 radical (unpaired) electrons. The van der Waals surface area contributed by atoms with E-state index in [4.69, 9.17) is 22.6 Å². The molecule has 0 N–H and O–H groups in total. The zero-order chi connectivity index (χ0) is 31.9. The Labute approximate surface area is 278 Å². The van der Waals surface area contributed by atoms with Crippen LogP contribution in [0.5, 0.6) is 0 Å². The van der Waals surface area contributed by atoms with Crippen LogP contribution in [0, 0.1) is 0 Å². The van der Waals surface area contributed by atoms with Crippen LogP contribution in [0.3, 0.4) is 0 Å². The van der Waals surface area contributed by atoms with Crippen molar-refractivity contribution in [3.8, 4) is 0 Å². The molecule has 1 atom stereocenters. The molecule has 7 aromatic carbocycles. The van der Waals surface area contributed by atoms with Crippen molar-refractivity contribution in [1.29, 1.82) is 0 Å². The normalized spacial score (nSPS) is 14.8. The second kappa shape index (κ2) is 11.9. The van der Waals surface area contributed by atoms with E-state index < -0.39 is 19.9 Å². The number of nitrogens with zero attached hydrogens (tertiary/aromatic N) is 1. The van der Waals surface area contributed by atoms with Gasteiger partial charge >= 0.3 is 8.24 Å². The van der Waals surface area contributed by atoms with Gasteiger partial charge in [0.25, 0.3) is 0 Å². The maximum atomic E-state index is 7.37. The van der Waals surface area contributed by atoms with Crippen LogP contribution in [0.2, 0.25) is 0 Å². The molecule has 0 aliphatic carbocycles. The highest BCUT2D eigenvalue weighted by Gasteiger charge is 2.48. The molecular weight excluding hydrogens is 613 g/mol. The van der Waals surface area contributed by atoms with E-state index in [-0.39, 0.29) is 0 Å². The van der Waals surface area contributed by atoms with Crippen LogP contribution in [0.15, 0.2) is 177 Å². The zero-order valence-corrected chi connectivity index (χ0v) is 26.8. The molecule has 0 fully saturated rings. The lowest BCUT2D eigenvalue weighted by molar-refractivity contribution is 0.110. The van der Waals surface area contributed by atoms with Crippen molar-refractivity contribution < 1.29 is 17.7 Å². The van der Waals surface area contributed by atoms with Crippen LogP contribution < -0.4 is 4.52 Å². The van der Waals surface area contributed by atoms with Crippen molar-refractivity contribution in [2.24, 2.45) is 4.99 Å². The minimum atomic E-state index is -2.03. The van der Waals surface area contributed by atoms with E-state index >= 15 is 0 Å². The van der Waals surface area contributed by atoms with E-state index in [1.807, 2.05) is 78.9 Å². The highest BCUT2D eigenvalue weighted by Crippen LogP contribution is 2.47. The summed E-state index contributed by atoms with van der Waals surface area (Å²) in [6.45, 7) is 0.319. The summed E-state index contributed by atoms with van der Waals surface area (Å²) in [6, 6.07) is 55.1. The first-order valence-corrected chi connectivity index (χ1v) is 17.1. The number of fused-ring (bicyclic) bond motifs is 7. The summed E-state index contributed by atoms with van der Waals surface area (Å²) in [5, 5.41) is 6.41. The standard InChI is InChI=1S/C42H30NO4P/c1-4-16-31(17-5-1)41-43-38(28-44-41)42(32-18-6-2-7-19-32,33-20-8-3-9-21-33)47-48-45-36-26-24-29-14-10-12-22-34(29)39(36)40-35-23-13-11-15-30(35)25-27-37(40)46-48/h1-27,38H,28H2/t38-/m1/s1. The first kappa shape index (κ1) is 28.6. The van der Waals surface area contributed by atoms with Crippen LogP contribution in [0.4, 0.5) is 0 Å². The lowest BCUT2D eigenvalue weighted by Crippen LogP contribution is -2.45. The fraction of sp³-hybridized carbons (Fsp3) is 0.0714. The van der Waals surface area contributed by atoms with Gasteiger partial charge in [0, 0.05) is 16.3 Å². The quantitative estimate of drug-likeness (QED) is 0.181. The first-order chi connectivity index (χ1) is 23.8. The fourth-order valence-electron chi connectivity index (χ4n) is 6.92. The summed E-state index contributed by atoms with van der Waals surface area (Å²) < 4.78 is 27.5. The van der Waals surface area contributed by atoms with Gasteiger partial charge in [0.05, 0.1) is 0 Å².